The summed E-state index contributed by atoms with van der Waals surface area (Å²) in [6.07, 6.45) is 0.709. The van der Waals surface area contributed by atoms with Gasteiger partial charge >= 0.3 is 12.1 Å². The Morgan fingerprint density at radius 3 is 2.24 bits per heavy atom. The first-order valence-corrected chi connectivity index (χ1v) is 17.8. The van der Waals surface area contributed by atoms with Crippen molar-refractivity contribution in [3.63, 3.8) is 0 Å². The van der Waals surface area contributed by atoms with Crippen molar-refractivity contribution in [1.29, 1.82) is 0 Å². The largest absolute Gasteiger partial charge is 0.490 e. The van der Waals surface area contributed by atoms with Crippen molar-refractivity contribution in [2.75, 3.05) is 38.2 Å². The quantitative estimate of drug-likeness (QED) is 0.169. The number of nitrogens with one attached hydrogen (secondary N) is 1. The first-order chi connectivity index (χ1) is 25.8. The molecule has 2 aliphatic rings. The van der Waals surface area contributed by atoms with Gasteiger partial charge in [0.2, 0.25) is 5.95 Å². The molecule has 282 valence electrons. The van der Waals surface area contributed by atoms with Crippen molar-refractivity contribution in [3.05, 3.63) is 121 Å². The van der Waals surface area contributed by atoms with E-state index in [1.165, 1.54) is 7.11 Å². The van der Waals surface area contributed by atoms with Gasteiger partial charge in [0.15, 0.2) is 0 Å². The lowest BCUT2D eigenvalue weighted by atomic mass is 9.96. The summed E-state index contributed by atoms with van der Waals surface area (Å²) in [4.78, 5) is 48.0. The maximum atomic E-state index is 13.4. The van der Waals surface area contributed by atoms with Crippen molar-refractivity contribution in [2.45, 2.75) is 44.9 Å². The summed E-state index contributed by atoms with van der Waals surface area (Å²) in [6.45, 7) is 3.24. The second kappa shape index (κ2) is 16.4. The Kier molecular flexibility index (Phi) is 11.7. The number of aromatic nitrogens is 4. The summed E-state index contributed by atoms with van der Waals surface area (Å²) in [5, 5.41) is 8.76. The van der Waals surface area contributed by atoms with E-state index in [1.807, 2.05) is 25.1 Å². The lowest BCUT2D eigenvalue weighted by molar-refractivity contribution is -0.138. The molecular weight excluding hydrogens is 748 g/mol. The molecule has 1 amide bonds. The van der Waals surface area contributed by atoms with Crippen LogP contribution in [0.3, 0.4) is 0 Å². The van der Waals surface area contributed by atoms with E-state index in [2.05, 4.69) is 24.9 Å². The van der Waals surface area contributed by atoms with E-state index >= 15 is 0 Å². The number of esters is 1. The van der Waals surface area contributed by atoms with Gasteiger partial charge in [0.05, 0.1) is 51.0 Å². The number of carbonyl (C=O) groups excluding carboxylic acids is 2. The van der Waals surface area contributed by atoms with Gasteiger partial charge in [-0.2, -0.15) is 18.3 Å². The SMILES string of the molecule is COC(=O)c1cc(C)ccc1Cl.O=C(c1cc(Cc2n[nH]c(=O)c3ccc(OC4CCC4)cc23)ccc1Cl)N1CCN(c2ncc(C(F)(F)F)cn2)CC1. The Labute approximate surface area is 318 Å². The monoisotopic (exact) mass is 782 g/mol. The number of hydrogen-bond donors (Lipinski definition) is 1. The first kappa shape index (κ1) is 38.5. The van der Waals surface area contributed by atoms with Crippen molar-refractivity contribution >= 4 is 51.8 Å². The molecule has 0 atom stereocenters. The number of aryl methyl sites for hydroxylation is 1. The molecule has 1 saturated heterocycles. The zero-order valence-electron chi connectivity index (χ0n) is 29.3. The average Bonchev–Trinajstić information content (AvgIpc) is 3.15. The number of anilines is 1. The lowest BCUT2D eigenvalue weighted by Crippen LogP contribution is -2.49. The fourth-order valence-electron chi connectivity index (χ4n) is 5.94. The number of fused-ring (bicyclic) bond motifs is 1. The Morgan fingerprint density at radius 2 is 1.59 bits per heavy atom. The molecule has 1 aliphatic carbocycles. The Morgan fingerprint density at radius 1 is 0.907 bits per heavy atom. The molecule has 11 nitrogen and oxygen atoms in total. The molecule has 3 heterocycles. The highest BCUT2D eigenvalue weighted by atomic mass is 35.5. The molecule has 0 spiro atoms. The molecule has 1 aliphatic heterocycles. The third-order valence-corrected chi connectivity index (χ3v) is 9.83. The molecule has 5 aromatic rings. The molecule has 0 radical (unpaired) electrons. The lowest BCUT2D eigenvalue weighted by Gasteiger charge is -2.35. The number of benzene rings is 3. The number of halogens is 5. The highest BCUT2D eigenvalue weighted by Crippen LogP contribution is 2.30. The van der Waals surface area contributed by atoms with Gasteiger partial charge in [-0.25, -0.2) is 19.9 Å². The predicted molar refractivity (Wildman–Crippen MR) is 198 cm³/mol. The van der Waals surface area contributed by atoms with E-state index in [4.69, 9.17) is 27.9 Å². The zero-order chi connectivity index (χ0) is 38.6. The number of hydrogen-bond acceptors (Lipinski definition) is 9. The molecule has 2 aromatic heterocycles. The van der Waals surface area contributed by atoms with Crippen LogP contribution in [0.5, 0.6) is 5.75 Å². The third-order valence-electron chi connectivity index (χ3n) is 9.17. The van der Waals surface area contributed by atoms with Gasteiger partial charge in [-0.3, -0.25) is 9.59 Å². The smallest absolute Gasteiger partial charge is 0.419 e. The van der Waals surface area contributed by atoms with Crippen molar-refractivity contribution < 1.29 is 32.2 Å². The Balaban J connectivity index is 0.000000354. The Hall–Kier alpha value is -5.21. The summed E-state index contributed by atoms with van der Waals surface area (Å²) in [5.41, 5.74) is 1.94. The van der Waals surface area contributed by atoms with Crippen LogP contribution in [-0.2, 0) is 17.3 Å². The summed E-state index contributed by atoms with van der Waals surface area (Å²) >= 11 is 12.2. The molecular formula is C38H35Cl2F3N6O5. The number of carbonyl (C=O) groups is 2. The van der Waals surface area contributed by atoms with E-state index in [1.54, 1.807) is 46.2 Å². The number of methoxy groups -OCH3 is 1. The summed E-state index contributed by atoms with van der Waals surface area (Å²) < 4.78 is 49.1. The third kappa shape index (κ3) is 8.93. The van der Waals surface area contributed by atoms with Crippen LogP contribution >= 0.6 is 23.2 Å². The number of rotatable bonds is 7. The van der Waals surface area contributed by atoms with Gasteiger partial charge in [0.1, 0.15) is 5.75 Å². The van der Waals surface area contributed by atoms with Gasteiger partial charge in [-0.05, 0) is 74.2 Å². The van der Waals surface area contributed by atoms with Crippen LogP contribution in [0.1, 0.15) is 62.4 Å². The van der Waals surface area contributed by atoms with Crippen LogP contribution in [0.25, 0.3) is 10.8 Å². The van der Waals surface area contributed by atoms with Crippen LogP contribution in [0, 0.1) is 6.92 Å². The summed E-state index contributed by atoms with van der Waals surface area (Å²) in [5.74, 6) is 0.208. The number of nitrogens with zero attached hydrogens (tertiary/aromatic N) is 5. The van der Waals surface area contributed by atoms with Gasteiger partial charge in [0, 0.05) is 50.4 Å². The topological polar surface area (TPSA) is 131 Å². The summed E-state index contributed by atoms with van der Waals surface area (Å²) in [6, 6.07) is 15.8. The van der Waals surface area contributed by atoms with E-state index < -0.39 is 17.7 Å². The highest BCUT2D eigenvalue weighted by molar-refractivity contribution is 6.34. The van der Waals surface area contributed by atoms with Gasteiger partial charge < -0.3 is 19.3 Å². The molecule has 54 heavy (non-hydrogen) atoms. The molecule has 1 saturated carbocycles. The van der Waals surface area contributed by atoms with E-state index in [0.29, 0.717) is 76.0 Å². The van der Waals surface area contributed by atoms with Crippen molar-refractivity contribution in [2.24, 2.45) is 0 Å². The number of alkyl halides is 3. The molecule has 0 bridgehead atoms. The minimum absolute atomic E-state index is 0.178. The number of aromatic amines is 1. The van der Waals surface area contributed by atoms with Crippen LogP contribution in [0.15, 0.2) is 71.8 Å². The van der Waals surface area contributed by atoms with Crippen LogP contribution < -0.4 is 15.2 Å². The van der Waals surface area contributed by atoms with Crippen molar-refractivity contribution in [1.82, 2.24) is 25.1 Å². The van der Waals surface area contributed by atoms with Crippen LogP contribution in [0.4, 0.5) is 19.1 Å². The van der Waals surface area contributed by atoms with Gasteiger partial charge in [-0.15, -0.1) is 0 Å². The second-order valence-corrected chi connectivity index (χ2v) is 13.7. The zero-order valence-corrected chi connectivity index (χ0v) is 30.8. The molecule has 2 fully saturated rings. The number of ether oxygens (including phenoxy) is 2. The van der Waals surface area contributed by atoms with E-state index in [9.17, 15) is 27.6 Å². The summed E-state index contributed by atoms with van der Waals surface area (Å²) in [7, 11) is 1.33. The van der Waals surface area contributed by atoms with E-state index in [0.717, 1.165) is 42.8 Å². The van der Waals surface area contributed by atoms with Crippen LogP contribution in [0.2, 0.25) is 10.0 Å². The number of H-pyrrole nitrogens is 1. The van der Waals surface area contributed by atoms with Gasteiger partial charge in [0.25, 0.3) is 11.5 Å². The second-order valence-electron chi connectivity index (χ2n) is 12.9. The number of amides is 1. The average molecular weight is 784 g/mol. The Bertz CT molecular complexity index is 2220. The van der Waals surface area contributed by atoms with E-state index in [-0.39, 0.29) is 23.5 Å². The molecule has 3 aromatic carbocycles. The fraction of sp³-hybridized carbons (Fsp3) is 0.316. The maximum absolute atomic E-state index is 13.4. The van der Waals surface area contributed by atoms with Crippen LogP contribution in [-0.4, -0.2) is 76.3 Å². The minimum Gasteiger partial charge on any atom is -0.490 e. The number of piperazine rings is 1. The maximum Gasteiger partial charge on any atom is 0.419 e. The highest BCUT2D eigenvalue weighted by Gasteiger charge is 2.32. The minimum atomic E-state index is -4.51. The standard InChI is InChI=1S/C29H26ClF3N6O3.C9H9ClO2/c30-24-7-4-17(13-25-22-14-20(42-19-2-1-3-19)5-6-21(22)26(40)37-36-25)12-23(24)27(41)38-8-10-39(11-9-38)28-34-15-18(16-35-28)29(31,32)33;1-6-3-4-8(10)7(5-6)9(11)12-2/h4-7,12,14-16,19H,1-3,8-11,13H2,(H,37,40);3-5H,1-2H3. The predicted octanol–water partition coefficient (Wildman–Crippen LogP) is 7.30. The molecule has 7 rings (SSSR count). The molecule has 16 heteroatoms. The fourth-order valence-corrected chi connectivity index (χ4v) is 6.34. The molecule has 0 unspecified atom stereocenters. The normalized spacial score (nSPS) is 14.6. The molecule has 1 N–H and O–H groups in total. The van der Waals surface area contributed by atoms with Gasteiger partial charge in [-0.1, -0.05) is 40.9 Å². The van der Waals surface area contributed by atoms with Crippen molar-refractivity contribution in [3.8, 4) is 5.75 Å². The first-order valence-electron chi connectivity index (χ1n) is 17.0.